The van der Waals surface area contributed by atoms with E-state index in [0.717, 1.165) is 32.1 Å². The molecule has 2 aromatic carbocycles. The minimum Gasteiger partial charge on any atom is -0.473 e. The fraction of sp³-hybridized carbons (Fsp3) is 0.696. The van der Waals surface area contributed by atoms with Crippen molar-refractivity contribution in [2.45, 2.75) is 193 Å². The third kappa shape index (κ3) is 22.0. The van der Waals surface area contributed by atoms with Gasteiger partial charge in [0.25, 0.3) is 5.91 Å². The van der Waals surface area contributed by atoms with Crippen LogP contribution in [-0.4, -0.2) is 44.1 Å². The smallest absolute Gasteiger partial charge is 0.473 e. The third-order valence-electron chi connectivity index (χ3n) is 10.4. The second-order valence-electron chi connectivity index (χ2n) is 16.4. The molecule has 0 spiro atoms. The summed E-state index contributed by atoms with van der Waals surface area (Å²) in [6, 6.07) is 13.7. The van der Waals surface area contributed by atoms with Crippen LogP contribution in [0.3, 0.4) is 0 Å². The van der Waals surface area contributed by atoms with Crippen LogP contribution >= 0.6 is 0 Å². The molecule has 0 aromatic heterocycles. The molecular formula is C46H76KN2O5S+. The van der Waals surface area contributed by atoms with Crippen molar-refractivity contribution < 1.29 is 74.1 Å². The van der Waals surface area contributed by atoms with Gasteiger partial charge in [0, 0.05) is 24.7 Å². The molecule has 0 saturated carbocycles. The molecule has 0 radical (unpaired) electrons. The average Bonchev–Trinajstić information content (AvgIpc) is 3.15. The van der Waals surface area contributed by atoms with Crippen molar-refractivity contribution in [3.8, 4) is 5.75 Å². The van der Waals surface area contributed by atoms with Crippen molar-refractivity contribution in [1.29, 1.82) is 0 Å². The molecule has 1 unspecified atom stereocenters. The molecule has 0 fully saturated rings. The van der Waals surface area contributed by atoms with Crippen LogP contribution in [0.4, 0.5) is 5.69 Å². The minimum absolute atomic E-state index is 0. The molecule has 0 bridgehead atoms. The quantitative estimate of drug-likeness (QED) is 0.0466. The number of rotatable bonds is 31. The molecule has 0 saturated heterocycles. The Labute approximate surface area is 379 Å². The van der Waals surface area contributed by atoms with E-state index in [9.17, 15) is 18.0 Å². The van der Waals surface area contributed by atoms with E-state index in [1.807, 2.05) is 24.3 Å². The fourth-order valence-corrected chi connectivity index (χ4v) is 7.91. The van der Waals surface area contributed by atoms with Gasteiger partial charge in [-0.15, -0.1) is 0 Å². The van der Waals surface area contributed by atoms with Crippen molar-refractivity contribution in [1.82, 2.24) is 4.31 Å². The summed E-state index contributed by atoms with van der Waals surface area (Å²) in [7, 11) is -2.07. The van der Waals surface area contributed by atoms with Crippen LogP contribution in [0.2, 0.25) is 0 Å². The van der Waals surface area contributed by atoms with E-state index in [2.05, 4.69) is 19.2 Å². The predicted molar refractivity (Wildman–Crippen MR) is 227 cm³/mol. The number of anilines is 1. The van der Waals surface area contributed by atoms with Crippen molar-refractivity contribution in [2.24, 2.45) is 5.41 Å². The average molecular weight is 808 g/mol. The van der Waals surface area contributed by atoms with Gasteiger partial charge in [0.15, 0.2) is 5.78 Å². The van der Waals surface area contributed by atoms with Gasteiger partial charge in [-0.05, 0) is 61.2 Å². The normalized spacial score (nSPS) is 12.3. The number of carbonyl (C=O) groups is 2. The minimum atomic E-state index is -3.69. The summed E-state index contributed by atoms with van der Waals surface area (Å²) in [6.45, 7) is 10.2. The largest absolute Gasteiger partial charge is 1.00 e. The molecule has 0 aliphatic rings. The molecule has 55 heavy (non-hydrogen) atoms. The summed E-state index contributed by atoms with van der Waals surface area (Å²) in [5.41, 5.74) is 0.977. The number of sulfonamides is 1. The molecule has 2 aromatic rings. The Bertz CT molecular complexity index is 1410. The summed E-state index contributed by atoms with van der Waals surface area (Å²) in [4.78, 5) is 27.0. The van der Waals surface area contributed by atoms with Crippen molar-refractivity contribution in [3.63, 3.8) is 0 Å². The fourth-order valence-electron chi connectivity index (χ4n) is 6.70. The Morgan fingerprint density at radius 2 is 1.05 bits per heavy atom. The van der Waals surface area contributed by atoms with Crippen molar-refractivity contribution in [3.05, 3.63) is 54.1 Å². The van der Waals surface area contributed by atoms with Gasteiger partial charge in [0.2, 0.25) is 16.1 Å². The van der Waals surface area contributed by atoms with Crippen LogP contribution in [0.25, 0.3) is 0 Å². The summed E-state index contributed by atoms with van der Waals surface area (Å²) >= 11 is 0. The first-order valence-electron chi connectivity index (χ1n) is 21.6. The molecular weight excluding hydrogens is 732 g/mol. The number of nitrogens with one attached hydrogen (secondary N) is 1. The van der Waals surface area contributed by atoms with Crippen LogP contribution < -0.4 is 61.4 Å². The van der Waals surface area contributed by atoms with Crippen LogP contribution in [0.15, 0.2) is 53.4 Å². The Hall–Kier alpha value is -1.07. The number of benzene rings is 2. The second kappa shape index (κ2) is 30.0. The molecule has 0 aliphatic carbocycles. The van der Waals surface area contributed by atoms with Crippen LogP contribution in [0.1, 0.15) is 181 Å². The maximum absolute atomic E-state index is 13.4. The number of aryl methyl sites for hydroxylation is 1. The zero-order chi connectivity index (χ0) is 39.7. The van der Waals surface area contributed by atoms with Crippen molar-refractivity contribution >= 4 is 27.4 Å². The molecule has 1 atom stereocenters. The Morgan fingerprint density at radius 1 is 0.636 bits per heavy atom. The van der Waals surface area contributed by atoms with Crippen LogP contribution in [-0.2, 0) is 26.0 Å². The SMILES string of the molecule is CCCCCCCCCCCCCCCCCCN(C)S(=O)(=O)c1ccc(OC(C(=O)Nc2ccc(CCCCCCCC)cc2)C(=O)C(C)(C)C)cc1.[K+]. The van der Waals surface area contributed by atoms with Gasteiger partial charge in [-0.25, -0.2) is 12.7 Å². The number of hydrogen-bond donors (Lipinski definition) is 1. The summed E-state index contributed by atoms with van der Waals surface area (Å²) in [5, 5.41) is 2.85. The number of carbonyl (C=O) groups excluding carboxylic acids is 2. The van der Waals surface area contributed by atoms with E-state index in [1.165, 1.54) is 150 Å². The van der Waals surface area contributed by atoms with Crippen LogP contribution in [0.5, 0.6) is 5.75 Å². The van der Waals surface area contributed by atoms with Gasteiger partial charge in [0.05, 0.1) is 4.90 Å². The number of hydrogen-bond acceptors (Lipinski definition) is 5. The van der Waals surface area contributed by atoms with Gasteiger partial charge in [-0.3, -0.25) is 9.59 Å². The van der Waals surface area contributed by atoms with E-state index in [4.69, 9.17) is 4.74 Å². The molecule has 0 heterocycles. The van der Waals surface area contributed by atoms with Gasteiger partial charge in [0.1, 0.15) is 5.75 Å². The molecule has 9 heteroatoms. The summed E-state index contributed by atoms with van der Waals surface area (Å²) in [6.07, 6.45) is 27.5. The molecule has 306 valence electrons. The van der Waals surface area contributed by atoms with E-state index < -0.39 is 27.4 Å². The van der Waals surface area contributed by atoms with Crippen LogP contribution in [0, 0.1) is 5.41 Å². The van der Waals surface area contributed by atoms with E-state index in [-0.39, 0.29) is 67.8 Å². The first-order valence-corrected chi connectivity index (χ1v) is 23.0. The number of ether oxygens (including phenoxy) is 1. The maximum Gasteiger partial charge on any atom is 1.00 e. The maximum atomic E-state index is 13.4. The first kappa shape index (κ1) is 51.9. The number of ketones is 1. The molecule has 7 nitrogen and oxygen atoms in total. The Morgan fingerprint density at radius 3 is 1.49 bits per heavy atom. The predicted octanol–water partition coefficient (Wildman–Crippen LogP) is 9.48. The molecule has 0 aliphatic heterocycles. The summed E-state index contributed by atoms with van der Waals surface area (Å²) < 4.78 is 34.0. The molecule has 1 amide bonds. The number of nitrogens with zero attached hydrogens (tertiary/aromatic N) is 1. The zero-order valence-corrected chi connectivity index (χ0v) is 40.0. The number of Topliss-reactive ketones (excluding diaryl/α,β-unsaturated/α-hetero) is 1. The van der Waals surface area contributed by atoms with Gasteiger partial charge < -0.3 is 10.1 Å². The van der Waals surface area contributed by atoms with E-state index >= 15 is 0 Å². The van der Waals surface area contributed by atoms with Crippen molar-refractivity contribution in [2.75, 3.05) is 18.9 Å². The summed E-state index contributed by atoms with van der Waals surface area (Å²) in [5.74, 6) is -0.676. The van der Waals surface area contributed by atoms with Gasteiger partial charge in [-0.2, -0.15) is 0 Å². The number of unbranched alkanes of at least 4 members (excludes halogenated alkanes) is 20. The molecule has 2 rings (SSSR count). The zero-order valence-electron chi connectivity index (χ0n) is 36.1. The monoisotopic (exact) mass is 808 g/mol. The second-order valence-corrected chi connectivity index (χ2v) is 18.5. The topological polar surface area (TPSA) is 92.8 Å². The van der Waals surface area contributed by atoms with E-state index in [1.54, 1.807) is 27.8 Å². The van der Waals surface area contributed by atoms with Gasteiger partial charge >= 0.3 is 51.4 Å². The molecule has 1 N–H and O–H groups in total. The Kier molecular flexibility index (Phi) is 28.4. The van der Waals surface area contributed by atoms with Gasteiger partial charge in [-0.1, -0.05) is 175 Å². The Balaban J connectivity index is 0.0000151. The first-order chi connectivity index (χ1) is 25.9. The third-order valence-corrected chi connectivity index (χ3v) is 12.2. The number of amides is 1. The standard InChI is InChI=1S/C46H76N2O5S.K/c1-7-9-11-13-15-16-17-18-19-20-21-22-23-24-26-28-38-48(6)54(51,52)42-36-34-41(35-37-42)53-43(44(49)46(3,4)5)45(50)47-40-32-30-39(31-33-40)29-27-25-14-12-10-8-2;/h30-37,43H,7-29,38H2,1-6H3,(H,47,50);/q;+1. The van der Waals surface area contributed by atoms with E-state index in [0.29, 0.717) is 12.2 Å².